The van der Waals surface area contributed by atoms with Gasteiger partial charge < -0.3 is 9.94 Å². The molecule has 0 aliphatic carbocycles. The quantitative estimate of drug-likeness (QED) is 0.455. The fraction of sp³-hybridized carbons (Fsp3) is 0.167. The topological polar surface area (TPSA) is 81.9 Å². The molecule has 122 valence electrons. The van der Waals surface area contributed by atoms with Crippen LogP contribution in [0.3, 0.4) is 0 Å². The zero-order valence-electron chi connectivity index (χ0n) is 13.4. The van der Waals surface area contributed by atoms with Crippen molar-refractivity contribution in [1.82, 2.24) is 10.2 Å². The van der Waals surface area contributed by atoms with E-state index < -0.39 is 5.97 Å². The number of pyridine rings is 1. The van der Waals surface area contributed by atoms with Crippen molar-refractivity contribution in [1.29, 1.82) is 0 Å². The molecule has 1 aromatic carbocycles. The molecule has 0 aliphatic heterocycles. The molecule has 3 aromatic rings. The minimum Gasteiger partial charge on any atom is -0.619 e. The summed E-state index contributed by atoms with van der Waals surface area (Å²) in [6, 6.07) is 11.0. The van der Waals surface area contributed by atoms with Crippen molar-refractivity contribution in [2.24, 2.45) is 0 Å². The fourth-order valence-electron chi connectivity index (χ4n) is 2.48. The summed E-state index contributed by atoms with van der Waals surface area (Å²) < 4.78 is 5.87. The molecule has 3 rings (SSSR count). The van der Waals surface area contributed by atoms with Gasteiger partial charge in [-0.2, -0.15) is 9.83 Å². The van der Waals surface area contributed by atoms with E-state index in [2.05, 4.69) is 16.3 Å². The van der Waals surface area contributed by atoms with Crippen LogP contribution < -0.4 is 4.73 Å². The molecule has 0 spiro atoms. The van der Waals surface area contributed by atoms with E-state index in [4.69, 9.17) is 4.74 Å². The molecule has 1 N–H and O–H groups in total. The van der Waals surface area contributed by atoms with Crippen molar-refractivity contribution in [3.05, 3.63) is 76.4 Å². The molecule has 24 heavy (non-hydrogen) atoms. The van der Waals surface area contributed by atoms with Gasteiger partial charge in [0.2, 0.25) is 0 Å². The second-order valence-electron chi connectivity index (χ2n) is 5.63. The molecule has 0 bridgehead atoms. The molecule has 0 aliphatic rings. The maximum atomic E-state index is 12.1. The Kier molecular flexibility index (Phi) is 4.29. The fourth-order valence-corrected chi connectivity index (χ4v) is 2.48. The Morgan fingerprint density at radius 3 is 2.88 bits per heavy atom. The Hall–Kier alpha value is -3.15. The van der Waals surface area contributed by atoms with Gasteiger partial charge in [0.1, 0.15) is 12.3 Å². The van der Waals surface area contributed by atoms with Crippen LogP contribution in [0.2, 0.25) is 0 Å². The van der Waals surface area contributed by atoms with Crippen LogP contribution in [0.1, 0.15) is 27.2 Å². The number of hydrogen-bond donors (Lipinski definition) is 1. The SMILES string of the molecule is Cc1ccc(-c2cc(C(=O)OCc3ccc[n+]([O-])c3)[nH]n2)c(C)c1. The van der Waals surface area contributed by atoms with E-state index in [0.717, 1.165) is 11.1 Å². The molecule has 0 atom stereocenters. The zero-order valence-corrected chi connectivity index (χ0v) is 13.4. The standard InChI is InChI=1S/C18H17N3O3/c1-12-5-6-15(13(2)8-12)16-9-17(20-19-16)18(22)24-11-14-4-3-7-21(23)10-14/h3-10H,11H2,1-2H3,(H,19,20). The van der Waals surface area contributed by atoms with Crippen molar-refractivity contribution >= 4 is 5.97 Å². The number of esters is 1. The van der Waals surface area contributed by atoms with Crippen LogP contribution >= 0.6 is 0 Å². The number of carbonyl (C=O) groups excluding carboxylic acids is 1. The van der Waals surface area contributed by atoms with Gasteiger partial charge in [0.05, 0.1) is 11.3 Å². The lowest BCUT2D eigenvalue weighted by atomic mass is 10.0. The van der Waals surface area contributed by atoms with Crippen molar-refractivity contribution in [3.8, 4) is 11.3 Å². The minimum absolute atomic E-state index is 0.0276. The second-order valence-corrected chi connectivity index (χ2v) is 5.63. The zero-order chi connectivity index (χ0) is 17.1. The van der Waals surface area contributed by atoms with Crippen molar-refractivity contribution in [3.63, 3.8) is 0 Å². The van der Waals surface area contributed by atoms with Crippen LogP contribution in [0.4, 0.5) is 0 Å². The number of carbonyl (C=O) groups is 1. The Morgan fingerprint density at radius 2 is 2.12 bits per heavy atom. The number of aryl methyl sites for hydroxylation is 2. The first kappa shape index (κ1) is 15.7. The smallest absolute Gasteiger partial charge is 0.356 e. The lowest BCUT2D eigenvalue weighted by molar-refractivity contribution is -0.606. The Balaban J connectivity index is 1.71. The summed E-state index contributed by atoms with van der Waals surface area (Å²) in [6.07, 6.45) is 2.73. The van der Waals surface area contributed by atoms with Gasteiger partial charge in [-0.25, -0.2) is 4.79 Å². The van der Waals surface area contributed by atoms with Crippen LogP contribution in [0.25, 0.3) is 11.3 Å². The van der Waals surface area contributed by atoms with E-state index in [1.807, 2.05) is 26.0 Å². The minimum atomic E-state index is -0.514. The number of aromatic amines is 1. The molecule has 0 fully saturated rings. The molecular formula is C18H17N3O3. The van der Waals surface area contributed by atoms with Gasteiger partial charge in [0.15, 0.2) is 12.4 Å². The van der Waals surface area contributed by atoms with Crippen LogP contribution in [0.15, 0.2) is 48.8 Å². The van der Waals surface area contributed by atoms with E-state index in [1.165, 1.54) is 18.0 Å². The van der Waals surface area contributed by atoms with Gasteiger partial charge in [0, 0.05) is 11.6 Å². The predicted octanol–water partition coefficient (Wildman–Crippen LogP) is 2.68. The molecular weight excluding hydrogens is 306 g/mol. The molecule has 0 saturated carbocycles. The summed E-state index contributed by atoms with van der Waals surface area (Å²) in [5.74, 6) is -0.514. The summed E-state index contributed by atoms with van der Waals surface area (Å²) >= 11 is 0. The number of nitrogens with one attached hydrogen (secondary N) is 1. The maximum absolute atomic E-state index is 12.1. The highest BCUT2D eigenvalue weighted by atomic mass is 16.5. The predicted molar refractivity (Wildman–Crippen MR) is 88.0 cm³/mol. The molecule has 2 heterocycles. The third kappa shape index (κ3) is 3.43. The van der Waals surface area contributed by atoms with Gasteiger partial charge >= 0.3 is 5.97 Å². The normalized spacial score (nSPS) is 10.6. The monoisotopic (exact) mass is 323 g/mol. The van der Waals surface area contributed by atoms with Gasteiger partial charge in [-0.1, -0.05) is 23.8 Å². The average Bonchev–Trinajstić information content (AvgIpc) is 3.02. The number of benzene rings is 1. The van der Waals surface area contributed by atoms with Gasteiger partial charge in [-0.05, 0) is 31.5 Å². The van der Waals surface area contributed by atoms with E-state index >= 15 is 0 Å². The lowest BCUT2D eigenvalue weighted by Gasteiger charge is -2.03. The summed E-state index contributed by atoms with van der Waals surface area (Å²) in [7, 11) is 0. The van der Waals surface area contributed by atoms with Crippen LogP contribution in [0, 0.1) is 19.1 Å². The molecule has 0 saturated heterocycles. The molecule has 0 radical (unpaired) electrons. The largest absolute Gasteiger partial charge is 0.619 e. The van der Waals surface area contributed by atoms with Crippen LogP contribution in [-0.2, 0) is 11.3 Å². The lowest BCUT2D eigenvalue weighted by Crippen LogP contribution is -2.25. The number of H-pyrrole nitrogens is 1. The van der Waals surface area contributed by atoms with E-state index in [-0.39, 0.29) is 12.3 Å². The first-order valence-corrected chi connectivity index (χ1v) is 7.51. The highest BCUT2D eigenvalue weighted by molar-refractivity contribution is 5.88. The molecule has 6 nitrogen and oxygen atoms in total. The number of hydrogen-bond acceptors (Lipinski definition) is 4. The van der Waals surface area contributed by atoms with E-state index in [1.54, 1.807) is 18.2 Å². The molecule has 0 unspecified atom stereocenters. The Labute approximate surface area is 139 Å². The third-order valence-corrected chi connectivity index (χ3v) is 3.66. The number of nitrogens with zero attached hydrogens (tertiary/aromatic N) is 2. The van der Waals surface area contributed by atoms with E-state index in [0.29, 0.717) is 16.0 Å². The van der Waals surface area contributed by atoms with Crippen LogP contribution in [-0.4, -0.2) is 16.2 Å². The summed E-state index contributed by atoms with van der Waals surface area (Å²) in [5, 5.41) is 18.1. The summed E-state index contributed by atoms with van der Waals surface area (Å²) in [5.41, 5.74) is 4.81. The van der Waals surface area contributed by atoms with E-state index in [9.17, 15) is 10.0 Å². The highest BCUT2D eigenvalue weighted by Gasteiger charge is 2.14. The van der Waals surface area contributed by atoms with Crippen LogP contribution in [0.5, 0.6) is 0 Å². The number of rotatable bonds is 4. The highest BCUT2D eigenvalue weighted by Crippen LogP contribution is 2.23. The maximum Gasteiger partial charge on any atom is 0.356 e. The van der Waals surface area contributed by atoms with Crippen molar-refractivity contribution in [2.45, 2.75) is 20.5 Å². The molecule has 0 amide bonds. The Morgan fingerprint density at radius 1 is 1.29 bits per heavy atom. The molecule has 6 heteroatoms. The summed E-state index contributed by atoms with van der Waals surface area (Å²) in [6.45, 7) is 4.06. The first-order valence-electron chi connectivity index (χ1n) is 7.51. The number of ether oxygens (including phenoxy) is 1. The summed E-state index contributed by atoms with van der Waals surface area (Å²) in [4.78, 5) is 12.1. The Bertz CT molecular complexity index is 887. The molecule has 2 aromatic heterocycles. The van der Waals surface area contributed by atoms with Gasteiger partial charge in [0.25, 0.3) is 0 Å². The average molecular weight is 323 g/mol. The van der Waals surface area contributed by atoms with Crippen molar-refractivity contribution in [2.75, 3.05) is 0 Å². The first-order chi connectivity index (χ1) is 11.5. The van der Waals surface area contributed by atoms with Gasteiger partial charge in [-0.3, -0.25) is 5.10 Å². The number of aromatic nitrogens is 3. The second kappa shape index (κ2) is 6.54. The third-order valence-electron chi connectivity index (χ3n) is 3.66. The van der Waals surface area contributed by atoms with Crippen molar-refractivity contribution < 1.29 is 14.3 Å². The van der Waals surface area contributed by atoms with Gasteiger partial charge in [-0.15, -0.1) is 0 Å².